The van der Waals surface area contributed by atoms with E-state index in [1.54, 1.807) is 0 Å². The topological polar surface area (TPSA) is 9.23 Å². The van der Waals surface area contributed by atoms with Gasteiger partial charge >= 0.3 is 12.3 Å². The third kappa shape index (κ3) is 6.70. The van der Waals surface area contributed by atoms with E-state index < -0.39 is 58.1 Å². The van der Waals surface area contributed by atoms with E-state index in [1.165, 1.54) is 12.8 Å². The van der Waals surface area contributed by atoms with Crippen LogP contribution in [-0.4, -0.2) is 6.11 Å². The lowest BCUT2D eigenvalue weighted by atomic mass is 9.79. The predicted molar refractivity (Wildman–Crippen MR) is 128 cm³/mol. The van der Waals surface area contributed by atoms with Crippen molar-refractivity contribution in [1.29, 1.82) is 0 Å². The molecule has 208 valence electrons. The van der Waals surface area contributed by atoms with Crippen LogP contribution in [0.1, 0.15) is 63.9 Å². The second-order valence-corrected chi connectivity index (χ2v) is 10.6. The second kappa shape index (κ2) is 11.3. The first-order valence-electron chi connectivity index (χ1n) is 12.9. The van der Waals surface area contributed by atoms with Gasteiger partial charge in [0.05, 0.1) is 5.92 Å². The Balaban J connectivity index is 1.38. The van der Waals surface area contributed by atoms with Crippen LogP contribution in [0.4, 0.5) is 35.1 Å². The number of hydrogen-bond acceptors (Lipinski definition) is 1. The van der Waals surface area contributed by atoms with Crippen molar-refractivity contribution in [2.45, 2.75) is 70.6 Å². The van der Waals surface area contributed by atoms with Crippen LogP contribution in [0.2, 0.25) is 0 Å². The number of hydrogen-bond donors (Lipinski definition) is 0. The monoisotopic (exact) mass is 546 g/mol. The summed E-state index contributed by atoms with van der Waals surface area (Å²) in [4.78, 5) is 0. The molecule has 0 aliphatic heterocycles. The number of halogens is 8. The summed E-state index contributed by atoms with van der Waals surface area (Å²) in [5.41, 5.74) is -3.04. The molecular weight excluding hydrogens is 516 g/mol. The number of allylic oxidation sites excluding steroid dienone is 2. The van der Waals surface area contributed by atoms with Gasteiger partial charge in [-0.3, -0.25) is 0 Å². The molecule has 38 heavy (non-hydrogen) atoms. The van der Waals surface area contributed by atoms with Crippen molar-refractivity contribution in [2.75, 3.05) is 0 Å². The van der Waals surface area contributed by atoms with Gasteiger partial charge in [-0.25, -0.2) is 13.2 Å². The Hall–Kier alpha value is -2.58. The third-order valence-electron chi connectivity index (χ3n) is 7.79. The lowest BCUT2D eigenvalue weighted by Crippen LogP contribution is -2.37. The Morgan fingerprint density at radius 1 is 0.711 bits per heavy atom. The fourth-order valence-electron chi connectivity index (χ4n) is 5.47. The molecular formula is C29H30F8O. The van der Waals surface area contributed by atoms with Crippen LogP contribution in [0.15, 0.2) is 42.5 Å². The molecule has 0 aromatic heterocycles. The number of rotatable bonds is 6. The van der Waals surface area contributed by atoms with E-state index in [9.17, 15) is 35.1 Å². The van der Waals surface area contributed by atoms with Crippen LogP contribution in [0.25, 0.3) is 11.1 Å². The molecule has 2 aliphatic rings. The van der Waals surface area contributed by atoms with Gasteiger partial charge in [0.15, 0.2) is 0 Å². The van der Waals surface area contributed by atoms with Gasteiger partial charge in [-0.2, -0.15) is 22.0 Å². The van der Waals surface area contributed by atoms with Gasteiger partial charge in [-0.05, 0) is 86.1 Å². The van der Waals surface area contributed by atoms with E-state index in [1.807, 2.05) is 0 Å². The van der Waals surface area contributed by atoms with Gasteiger partial charge in [0.1, 0.15) is 28.8 Å². The average molecular weight is 547 g/mol. The van der Waals surface area contributed by atoms with Crippen LogP contribution in [-0.2, 0) is 6.18 Å². The standard InChI is InChI=1S/C29H30F8O/c1-17-2-4-18(5-3-17)6-7-19-8-10-21(11-9-19)29(36,37)38-22-12-13-23(24(30)16-22)20-14-25(31)27(26(32)15-20)28(33,34)35/h6-7,12-19,21H,2-5,8-11H2,1H3/b7-6+. The molecule has 9 heteroatoms. The van der Waals surface area contributed by atoms with Crippen molar-refractivity contribution in [3.8, 4) is 16.9 Å². The highest BCUT2D eigenvalue weighted by molar-refractivity contribution is 5.66. The molecule has 2 fully saturated rings. The van der Waals surface area contributed by atoms with E-state index in [4.69, 9.17) is 4.74 Å². The molecule has 2 aromatic carbocycles. The number of alkyl halides is 5. The van der Waals surface area contributed by atoms with Crippen molar-refractivity contribution in [3.05, 3.63) is 65.5 Å². The SMILES string of the molecule is CC1CCC(/C=C/C2CCC(C(F)(F)Oc3ccc(-c4cc(F)c(C(F)(F)F)c(F)c4)c(F)c3)CC2)CC1. The Bertz CT molecular complexity index is 1120. The maximum atomic E-state index is 14.9. The summed E-state index contributed by atoms with van der Waals surface area (Å²) in [6.45, 7) is 2.26. The van der Waals surface area contributed by atoms with Crippen LogP contribution in [0.3, 0.4) is 0 Å². The van der Waals surface area contributed by atoms with Crippen molar-refractivity contribution in [2.24, 2.45) is 23.7 Å². The summed E-state index contributed by atoms with van der Waals surface area (Å²) >= 11 is 0. The molecule has 0 saturated heterocycles. The summed E-state index contributed by atoms with van der Waals surface area (Å²) in [5, 5.41) is 0. The van der Waals surface area contributed by atoms with Gasteiger partial charge < -0.3 is 4.74 Å². The highest BCUT2D eigenvalue weighted by Crippen LogP contribution is 2.42. The zero-order valence-corrected chi connectivity index (χ0v) is 20.9. The smallest absolute Gasteiger partial charge is 0.422 e. The quantitative estimate of drug-likeness (QED) is 0.259. The van der Waals surface area contributed by atoms with Gasteiger partial charge in [-0.1, -0.05) is 31.9 Å². The van der Waals surface area contributed by atoms with Crippen LogP contribution < -0.4 is 4.74 Å². The Labute approximate surface area is 216 Å². The Morgan fingerprint density at radius 2 is 1.24 bits per heavy atom. The first kappa shape index (κ1) is 28.4. The van der Waals surface area contributed by atoms with Crippen molar-refractivity contribution >= 4 is 0 Å². The van der Waals surface area contributed by atoms with Crippen molar-refractivity contribution < 1.29 is 39.9 Å². The summed E-state index contributed by atoms with van der Waals surface area (Å²) in [7, 11) is 0. The number of benzene rings is 2. The first-order valence-corrected chi connectivity index (χ1v) is 12.9. The molecule has 2 aliphatic carbocycles. The molecule has 0 bridgehead atoms. The second-order valence-electron chi connectivity index (χ2n) is 10.6. The lowest BCUT2D eigenvalue weighted by Gasteiger charge is -2.32. The molecule has 2 saturated carbocycles. The summed E-state index contributed by atoms with van der Waals surface area (Å²) in [5.74, 6) is -4.96. The predicted octanol–water partition coefficient (Wildman–Crippen LogP) is 9.95. The fourth-order valence-corrected chi connectivity index (χ4v) is 5.47. The molecule has 4 rings (SSSR count). The Kier molecular flexibility index (Phi) is 8.43. The normalized spacial score (nSPS) is 25.1. The molecule has 0 N–H and O–H groups in total. The average Bonchev–Trinajstić information content (AvgIpc) is 2.82. The van der Waals surface area contributed by atoms with E-state index in [0.29, 0.717) is 37.0 Å². The minimum atomic E-state index is -5.27. The molecule has 0 heterocycles. The molecule has 0 atom stereocenters. The van der Waals surface area contributed by atoms with Crippen molar-refractivity contribution in [1.82, 2.24) is 0 Å². The van der Waals surface area contributed by atoms with E-state index in [2.05, 4.69) is 19.1 Å². The molecule has 0 amide bonds. The zero-order chi connectivity index (χ0) is 27.7. The van der Waals surface area contributed by atoms with Crippen LogP contribution >= 0.6 is 0 Å². The highest BCUT2D eigenvalue weighted by atomic mass is 19.4. The maximum Gasteiger partial charge on any atom is 0.422 e. The first-order chi connectivity index (χ1) is 17.8. The van der Waals surface area contributed by atoms with Gasteiger partial charge in [0, 0.05) is 11.6 Å². The third-order valence-corrected chi connectivity index (χ3v) is 7.79. The summed E-state index contributed by atoms with van der Waals surface area (Å²) < 4.78 is 115. The van der Waals surface area contributed by atoms with E-state index in [0.717, 1.165) is 30.9 Å². The summed E-state index contributed by atoms with van der Waals surface area (Å²) in [6, 6.07) is 3.27. The highest BCUT2D eigenvalue weighted by Gasteiger charge is 2.44. The molecule has 0 spiro atoms. The minimum Gasteiger partial charge on any atom is -0.432 e. The minimum absolute atomic E-state index is 0.239. The van der Waals surface area contributed by atoms with E-state index >= 15 is 0 Å². The molecule has 1 nitrogen and oxygen atoms in total. The largest absolute Gasteiger partial charge is 0.432 e. The van der Waals surface area contributed by atoms with Gasteiger partial charge in [0.25, 0.3) is 0 Å². The maximum absolute atomic E-state index is 14.9. The van der Waals surface area contributed by atoms with Crippen molar-refractivity contribution in [3.63, 3.8) is 0 Å². The fraction of sp³-hybridized carbons (Fsp3) is 0.517. The van der Waals surface area contributed by atoms with E-state index in [-0.39, 0.29) is 18.8 Å². The van der Waals surface area contributed by atoms with Crippen LogP contribution in [0, 0.1) is 41.1 Å². The summed E-state index contributed by atoms with van der Waals surface area (Å²) in [6.07, 6.45) is 2.02. The Morgan fingerprint density at radius 3 is 1.74 bits per heavy atom. The lowest BCUT2D eigenvalue weighted by molar-refractivity contribution is -0.223. The van der Waals surface area contributed by atoms with Gasteiger partial charge in [0.2, 0.25) is 0 Å². The molecule has 2 aromatic rings. The van der Waals surface area contributed by atoms with Gasteiger partial charge in [-0.15, -0.1) is 0 Å². The van der Waals surface area contributed by atoms with Crippen LogP contribution in [0.5, 0.6) is 5.75 Å². The number of ether oxygens (including phenoxy) is 1. The zero-order valence-electron chi connectivity index (χ0n) is 20.9. The molecule has 0 radical (unpaired) electrons. The molecule has 0 unspecified atom stereocenters.